The van der Waals surface area contributed by atoms with E-state index in [1.807, 2.05) is 36.4 Å². The molecule has 4 rings (SSSR count). The Labute approximate surface area is 194 Å². The van der Waals surface area contributed by atoms with Crippen molar-refractivity contribution in [2.75, 3.05) is 6.61 Å². The van der Waals surface area contributed by atoms with Gasteiger partial charge in [-0.1, -0.05) is 35.9 Å². The normalized spacial score (nSPS) is 25.4. The second-order valence-electron chi connectivity index (χ2n) is 7.74. The lowest BCUT2D eigenvalue weighted by Crippen LogP contribution is -2.55. The van der Waals surface area contributed by atoms with Crippen LogP contribution in [-0.2, 0) is 11.2 Å². The predicted octanol–water partition coefficient (Wildman–Crippen LogP) is 3.05. The molecule has 5 atom stereocenters. The average molecular weight is 472 g/mol. The van der Waals surface area contributed by atoms with E-state index in [9.17, 15) is 20.4 Å². The Bertz CT molecular complexity index is 1140. The van der Waals surface area contributed by atoms with Gasteiger partial charge in [-0.15, -0.1) is 11.3 Å². The molecule has 0 spiro atoms. The van der Waals surface area contributed by atoms with E-state index in [1.165, 1.54) is 0 Å². The van der Waals surface area contributed by atoms with E-state index in [0.717, 1.165) is 20.9 Å². The number of ether oxygens (including phenoxy) is 1. The SMILES string of the molecule is N#Cc1cccc(-c2ccc(Cc3cc(C4O[C@H](CO)[C@@H](O)[C@H](O)[C@H]4O)ccc3Cl)s2)c1. The first-order chi connectivity index (χ1) is 15.4. The zero-order valence-corrected chi connectivity index (χ0v) is 18.5. The van der Waals surface area contributed by atoms with E-state index in [-0.39, 0.29) is 0 Å². The monoisotopic (exact) mass is 471 g/mol. The molecule has 0 amide bonds. The summed E-state index contributed by atoms with van der Waals surface area (Å²) in [4.78, 5) is 2.11. The van der Waals surface area contributed by atoms with Crippen LogP contribution in [0.25, 0.3) is 10.4 Å². The van der Waals surface area contributed by atoms with Crippen molar-refractivity contribution in [3.8, 4) is 16.5 Å². The maximum Gasteiger partial charge on any atom is 0.113 e. The van der Waals surface area contributed by atoms with Crippen LogP contribution in [0.15, 0.2) is 54.6 Å². The van der Waals surface area contributed by atoms with Crippen LogP contribution in [0.4, 0.5) is 0 Å². The molecule has 2 aromatic carbocycles. The van der Waals surface area contributed by atoms with Crippen LogP contribution in [0.3, 0.4) is 0 Å². The summed E-state index contributed by atoms with van der Waals surface area (Å²) in [6.07, 6.45) is -5.51. The van der Waals surface area contributed by atoms with Crippen molar-refractivity contribution < 1.29 is 25.2 Å². The molecule has 1 aliphatic heterocycles. The molecule has 3 aromatic rings. The van der Waals surface area contributed by atoms with Gasteiger partial charge in [0.1, 0.15) is 30.5 Å². The van der Waals surface area contributed by atoms with Gasteiger partial charge in [-0.2, -0.15) is 5.26 Å². The van der Waals surface area contributed by atoms with E-state index < -0.39 is 37.1 Å². The molecule has 8 heteroatoms. The maximum absolute atomic E-state index is 10.4. The summed E-state index contributed by atoms with van der Waals surface area (Å²) < 4.78 is 5.67. The molecule has 0 aliphatic carbocycles. The smallest absolute Gasteiger partial charge is 0.113 e. The molecule has 166 valence electrons. The van der Waals surface area contributed by atoms with E-state index in [2.05, 4.69) is 6.07 Å². The fraction of sp³-hybridized carbons (Fsp3) is 0.292. The van der Waals surface area contributed by atoms with Gasteiger partial charge in [0.05, 0.1) is 18.2 Å². The standard InChI is InChI=1S/C24H22ClNO5S/c25-18-6-4-15(24-23(30)22(29)21(28)19(12-27)31-24)9-16(18)10-17-5-7-20(32-17)14-3-1-2-13(8-14)11-26/h1-9,19,21-24,27-30H,10,12H2/t19-,21-,22+,23-,24?/m1/s1. The molecule has 6 nitrogen and oxygen atoms in total. The topological polar surface area (TPSA) is 114 Å². The number of aliphatic hydroxyl groups excluding tert-OH is 4. The fourth-order valence-electron chi connectivity index (χ4n) is 3.84. The second-order valence-corrected chi connectivity index (χ2v) is 9.31. The highest BCUT2D eigenvalue weighted by molar-refractivity contribution is 7.15. The van der Waals surface area contributed by atoms with Gasteiger partial charge >= 0.3 is 0 Å². The third-order valence-electron chi connectivity index (χ3n) is 5.59. The summed E-state index contributed by atoms with van der Waals surface area (Å²) in [5.41, 5.74) is 2.99. The Morgan fingerprint density at radius 3 is 2.56 bits per heavy atom. The molecule has 0 saturated carbocycles. The van der Waals surface area contributed by atoms with Gasteiger partial charge in [-0.05, 0) is 47.0 Å². The van der Waals surface area contributed by atoms with Gasteiger partial charge in [-0.25, -0.2) is 0 Å². The summed E-state index contributed by atoms with van der Waals surface area (Å²) in [6, 6.07) is 18.8. The number of nitriles is 1. The lowest BCUT2D eigenvalue weighted by Gasteiger charge is -2.40. The number of aliphatic hydroxyl groups is 4. The Hall–Kier alpha value is -2.28. The third kappa shape index (κ3) is 4.58. The molecule has 1 saturated heterocycles. The Morgan fingerprint density at radius 1 is 1.00 bits per heavy atom. The maximum atomic E-state index is 10.4. The van der Waals surface area contributed by atoms with E-state index in [4.69, 9.17) is 21.6 Å². The molecule has 1 aromatic heterocycles. The lowest BCUT2D eigenvalue weighted by molar-refractivity contribution is -0.231. The highest BCUT2D eigenvalue weighted by Gasteiger charge is 2.44. The number of rotatable bonds is 5. The highest BCUT2D eigenvalue weighted by Crippen LogP contribution is 2.36. The molecule has 0 radical (unpaired) electrons. The summed E-state index contributed by atoms with van der Waals surface area (Å²) in [6.45, 7) is -0.479. The minimum atomic E-state index is -1.44. The van der Waals surface area contributed by atoms with Crippen molar-refractivity contribution in [3.05, 3.63) is 81.2 Å². The first-order valence-electron chi connectivity index (χ1n) is 10.1. The number of hydrogen-bond donors (Lipinski definition) is 4. The summed E-state index contributed by atoms with van der Waals surface area (Å²) in [5, 5.41) is 49.7. The number of thiophene rings is 1. The van der Waals surface area contributed by atoms with Gasteiger partial charge in [0, 0.05) is 21.2 Å². The third-order valence-corrected chi connectivity index (χ3v) is 7.10. The number of halogens is 1. The molecule has 1 fully saturated rings. The summed E-state index contributed by atoms with van der Waals surface area (Å²) >= 11 is 8.03. The fourth-order valence-corrected chi connectivity index (χ4v) is 5.05. The van der Waals surface area contributed by atoms with Crippen LogP contribution >= 0.6 is 22.9 Å². The first-order valence-corrected chi connectivity index (χ1v) is 11.3. The minimum Gasteiger partial charge on any atom is -0.394 e. The first kappa shape index (κ1) is 22.9. The molecule has 0 bridgehead atoms. The van der Waals surface area contributed by atoms with Gasteiger partial charge in [0.2, 0.25) is 0 Å². The van der Waals surface area contributed by atoms with Crippen molar-refractivity contribution in [3.63, 3.8) is 0 Å². The molecule has 1 aliphatic rings. The van der Waals surface area contributed by atoms with E-state index in [0.29, 0.717) is 22.6 Å². The average Bonchev–Trinajstić information content (AvgIpc) is 3.28. The van der Waals surface area contributed by atoms with Crippen molar-refractivity contribution in [2.24, 2.45) is 0 Å². The predicted molar refractivity (Wildman–Crippen MR) is 121 cm³/mol. The number of hydrogen-bond acceptors (Lipinski definition) is 7. The van der Waals surface area contributed by atoms with Crippen molar-refractivity contribution in [1.82, 2.24) is 0 Å². The molecule has 1 unspecified atom stereocenters. The van der Waals surface area contributed by atoms with Crippen LogP contribution in [-0.4, -0.2) is 51.4 Å². The lowest BCUT2D eigenvalue weighted by atomic mass is 9.90. The molecule has 4 N–H and O–H groups in total. The zero-order chi connectivity index (χ0) is 22.8. The quantitative estimate of drug-likeness (QED) is 0.455. The molecular formula is C24H22ClNO5S. The Balaban J connectivity index is 1.58. The van der Waals surface area contributed by atoms with Gasteiger partial charge in [0.15, 0.2) is 0 Å². The van der Waals surface area contributed by atoms with Crippen LogP contribution in [0.2, 0.25) is 5.02 Å². The van der Waals surface area contributed by atoms with E-state index in [1.54, 1.807) is 29.5 Å². The molecule has 2 heterocycles. The zero-order valence-electron chi connectivity index (χ0n) is 16.9. The number of benzene rings is 2. The van der Waals surface area contributed by atoms with Crippen LogP contribution in [0.1, 0.15) is 27.7 Å². The molecule has 32 heavy (non-hydrogen) atoms. The van der Waals surface area contributed by atoms with Gasteiger partial charge in [0.25, 0.3) is 0 Å². The highest BCUT2D eigenvalue weighted by atomic mass is 35.5. The largest absolute Gasteiger partial charge is 0.394 e. The van der Waals surface area contributed by atoms with Crippen molar-refractivity contribution in [2.45, 2.75) is 36.9 Å². The van der Waals surface area contributed by atoms with Crippen LogP contribution in [0, 0.1) is 11.3 Å². The van der Waals surface area contributed by atoms with Gasteiger partial charge < -0.3 is 25.2 Å². The van der Waals surface area contributed by atoms with Crippen LogP contribution in [0.5, 0.6) is 0 Å². The summed E-state index contributed by atoms with van der Waals surface area (Å²) in [7, 11) is 0. The van der Waals surface area contributed by atoms with E-state index >= 15 is 0 Å². The Morgan fingerprint density at radius 2 is 1.81 bits per heavy atom. The Kier molecular flexibility index (Phi) is 6.93. The van der Waals surface area contributed by atoms with Crippen LogP contribution < -0.4 is 0 Å². The minimum absolute atomic E-state index is 0.479. The van der Waals surface area contributed by atoms with Gasteiger partial charge in [-0.3, -0.25) is 0 Å². The number of nitrogens with zero attached hydrogens (tertiary/aromatic N) is 1. The molecular weight excluding hydrogens is 450 g/mol. The summed E-state index contributed by atoms with van der Waals surface area (Å²) in [5.74, 6) is 0. The van der Waals surface area contributed by atoms with Crippen molar-refractivity contribution >= 4 is 22.9 Å². The van der Waals surface area contributed by atoms with Crippen molar-refractivity contribution in [1.29, 1.82) is 5.26 Å². The second kappa shape index (κ2) is 9.69.